The summed E-state index contributed by atoms with van der Waals surface area (Å²) in [5.74, 6) is -0.845. The van der Waals surface area contributed by atoms with Gasteiger partial charge in [0.2, 0.25) is 0 Å². The molecule has 0 radical (unpaired) electrons. The van der Waals surface area contributed by atoms with Crippen molar-refractivity contribution in [2.45, 2.75) is 19.1 Å². The van der Waals surface area contributed by atoms with E-state index in [1.807, 2.05) is 12.1 Å². The number of aliphatic hydroxyl groups excluding tert-OH is 2. The van der Waals surface area contributed by atoms with E-state index in [1.165, 1.54) is 0 Å². The maximum absolute atomic E-state index is 10.5. The summed E-state index contributed by atoms with van der Waals surface area (Å²) < 4.78 is 0. The highest BCUT2D eigenvalue weighted by atomic mass is 16.4. The van der Waals surface area contributed by atoms with Crippen molar-refractivity contribution >= 4 is 5.97 Å². The van der Waals surface area contributed by atoms with E-state index in [9.17, 15) is 4.79 Å². The van der Waals surface area contributed by atoms with E-state index in [4.69, 9.17) is 15.3 Å². The monoisotopic (exact) mass is 239 g/mol. The molecule has 1 atom stereocenters. The van der Waals surface area contributed by atoms with Gasteiger partial charge in [-0.15, -0.1) is 0 Å². The molecule has 94 valence electrons. The second-order valence-electron chi connectivity index (χ2n) is 3.85. The lowest BCUT2D eigenvalue weighted by Gasteiger charge is -2.09. The zero-order valence-electron chi connectivity index (χ0n) is 9.47. The Morgan fingerprint density at radius 2 is 1.82 bits per heavy atom. The van der Waals surface area contributed by atoms with Gasteiger partial charge in [-0.25, -0.2) is 0 Å². The van der Waals surface area contributed by atoms with Crippen LogP contribution in [0.15, 0.2) is 24.3 Å². The minimum Gasteiger partial charge on any atom is -0.481 e. The predicted molar refractivity (Wildman–Crippen MR) is 62.6 cm³/mol. The summed E-state index contributed by atoms with van der Waals surface area (Å²) in [6.07, 6.45) is -0.724. The van der Waals surface area contributed by atoms with Gasteiger partial charge in [0.15, 0.2) is 0 Å². The summed E-state index contributed by atoms with van der Waals surface area (Å²) >= 11 is 0. The van der Waals surface area contributed by atoms with Crippen LogP contribution in [0, 0.1) is 0 Å². The molecule has 0 aromatic heterocycles. The Kier molecular flexibility index (Phi) is 5.62. The molecule has 5 nitrogen and oxygen atoms in total. The van der Waals surface area contributed by atoms with Crippen LogP contribution >= 0.6 is 0 Å². The number of carboxylic acid groups (broad SMARTS) is 1. The molecule has 0 aliphatic carbocycles. The van der Waals surface area contributed by atoms with E-state index in [-0.39, 0.29) is 13.0 Å². The Morgan fingerprint density at radius 1 is 1.24 bits per heavy atom. The average molecular weight is 239 g/mol. The van der Waals surface area contributed by atoms with Crippen LogP contribution in [0.1, 0.15) is 11.1 Å². The van der Waals surface area contributed by atoms with Gasteiger partial charge in [-0.2, -0.15) is 0 Å². The van der Waals surface area contributed by atoms with E-state index < -0.39 is 12.1 Å². The minimum atomic E-state index is -0.845. The van der Waals surface area contributed by atoms with Crippen LogP contribution < -0.4 is 5.32 Å². The summed E-state index contributed by atoms with van der Waals surface area (Å²) in [6, 6.07) is 7.23. The van der Waals surface area contributed by atoms with Crippen molar-refractivity contribution < 1.29 is 20.1 Å². The third kappa shape index (κ3) is 5.44. The van der Waals surface area contributed by atoms with Gasteiger partial charge in [0.1, 0.15) is 0 Å². The third-order valence-corrected chi connectivity index (χ3v) is 2.30. The second-order valence-corrected chi connectivity index (χ2v) is 3.85. The van der Waals surface area contributed by atoms with Crippen LogP contribution in [0.5, 0.6) is 0 Å². The Bertz CT molecular complexity index is 350. The normalized spacial score (nSPS) is 12.4. The average Bonchev–Trinajstić information content (AvgIpc) is 2.30. The lowest BCUT2D eigenvalue weighted by molar-refractivity contribution is -0.136. The van der Waals surface area contributed by atoms with Crippen molar-refractivity contribution in [3.63, 3.8) is 0 Å². The van der Waals surface area contributed by atoms with Crippen LogP contribution in [0.2, 0.25) is 0 Å². The largest absolute Gasteiger partial charge is 0.481 e. The van der Waals surface area contributed by atoms with Gasteiger partial charge >= 0.3 is 5.97 Å². The van der Waals surface area contributed by atoms with E-state index in [1.54, 1.807) is 12.1 Å². The molecule has 17 heavy (non-hydrogen) atoms. The van der Waals surface area contributed by atoms with E-state index in [0.29, 0.717) is 13.1 Å². The summed E-state index contributed by atoms with van der Waals surface area (Å²) in [5, 5.41) is 29.3. The molecule has 4 N–H and O–H groups in total. The minimum absolute atomic E-state index is 0.0247. The van der Waals surface area contributed by atoms with Crippen molar-refractivity contribution in [2.75, 3.05) is 13.2 Å². The molecule has 0 bridgehead atoms. The van der Waals surface area contributed by atoms with Crippen LogP contribution in [0.4, 0.5) is 0 Å². The maximum atomic E-state index is 10.5. The summed E-state index contributed by atoms with van der Waals surface area (Å²) in [4.78, 5) is 10.5. The molecular weight excluding hydrogens is 222 g/mol. The highest BCUT2D eigenvalue weighted by Crippen LogP contribution is 2.05. The van der Waals surface area contributed by atoms with Crippen molar-refractivity contribution in [1.29, 1.82) is 0 Å². The Morgan fingerprint density at radius 3 is 2.35 bits per heavy atom. The van der Waals surface area contributed by atoms with Crippen molar-refractivity contribution in [2.24, 2.45) is 0 Å². The molecule has 0 fully saturated rings. The number of hydrogen-bond acceptors (Lipinski definition) is 4. The smallest absolute Gasteiger partial charge is 0.307 e. The molecule has 1 rings (SSSR count). The highest BCUT2D eigenvalue weighted by Gasteiger charge is 2.02. The molecule has 0 aliphatic rings. The molecular formula is C12H17NO4. The second kappa shape index (κ2) is 7.01. The third-order valence-electron chi connectivity index (χ3n) is 2.30. The molecule has 0 aliphatic heterocycles. The number of nitrogens with one attached hydrogen (secondary N) is 1. The highest BCUT2D eigenvalue weighted by molar-refractivity contribution is 5.70. The summed E-state index contributed by atoms with van der Waals surface area (Å²) in [5.41, 5.74) is 1.76. The fourth-order valence-electron chi connectivity index (χ4n) is 1.40. The fourth-order valence-corrected chi connectivity index (χ4v) is 1.40. The first-order chi connectivity index (χ1) is 8.11. The quantitative estimate of drug-likeness (QED) is 0.527. The van der Waals surface area contributed by atoms with Gasteiger partial charge in [0.05, 0.1) is 19.1 Å². The maximum Gasteiger partial charge on any atom is 0.307 e. The molecule has 5 heteroatoms. The summed E-state index contributed by atoms with van der Waals surface area (Å²) in [6.45, 7) is 0.641. The Hall–Kier alpha value is -1.43. The SMILES string of the molecule is O=C(O)Cc1ccc(CNCC(O)CO)cc1. The molecule has 1 aromatic carbocycles. The zero-order valence-corrected chi connectivity index (χ0v) is 9.47. The van der Waals surface area contributed by atoms with Gasteiger partial charge in [-0.05, 0) is 11.1 Å². The van der Waals surface area contributed by atoms with Gasteiger partial charge in [-0.3, -0.25) is 4.79 Å². The standard InChI is InChI=1S/C12H17NO4/c14-8-11(15)7-13-6-10-3-1-9(2-4-10)5-12(16)17/h1-4,11,13-15H,5-8H2,(H,16,17). The first kappa shape index (κ1) is 13.6. The van der Waals surface area contributed by atoms with E-state index in [2.05, 4.69) is 5.32 Å². The molecule has 1 unspecified atom stereocenters. The number of carboxylic acids is 1. The topological polar surface area (TPSA) is 89.8 Å². The van der Waals surface area contributed by atoms with E-state index >= 15 is 0 Å². The number of aliphatic carboxylic acids is 1. The molecule has 0 amide bonds. The number of carbonyl (C=O) groups is 1. The lowest BCUT2D eigenvalue weighted by Crippen LogP contribution is -2.28. The predicted octanol–water partition coefficient (Wildman–Crippen LogP) is -0.244. The van der Waals surface area contributed by atoms with Crippen LogP contribution in [0.3, 0.4) is 0 Å². The number of benzene rings is 1. The zero-order chi connectivity index (χ0) is 12.7. The van der Waals surface area contributed by atoms with Gasteiger partial charge in [0, 0.05) is 13.1 Å². The van der Waals surface area contributed by atoms with Crippen LogP contribution in [0.25, 0.3) is 0 Å². The Balaban J connectivity index is 2.37. The van der Waals surface area contributed by atoms with Crippen LogP contribution in [-0.2, 0) is 17.8 Å². The van der Waals surface area contributed by atoms with Gasteiger partial charge in [0.25, 0.3) is 0 Å². The Labute approximate surface area is 99.7 Å². The molecule has 0 spiro atoms. The van der Waals surface area contributed by atoms with Gasteiger partial charge < -0.3 is 20.6 Å². The number of rotatable bonds is 7. The van der Waals surface area contributed by atoms with E-state index in [0.717, 1.165) is 11.1 Å². The lowest BCUT2D eigenvalue weighted by atomic mass is 10.1. The fraction of sp³-hybridized carbons (Fsp3) is 0.417. The first-order valence-corrected chi connectivity index (χ1v) is 5.41. The summed E-state index contributed by atoms with van der Waals surface area (Å²) in [7, 11) is 0. The molecule has 1 aromatic rings. The first-order valence-electron chi connectivity index (χ1n) is 5.41. The van der Waals surface area contributed by atoms with Crippen LogP contribution in [-0.4, -0.2) is 40.5 Å². The van der Waals surface area contributed by atoms with Crippen molar-refractivity contribution in [3.8, 4) is 0 Å². The number of aliphatic hydroxyl groups is 2. The molecule has 0 saturated heterocycles. The van der Waals surface area contributed by atoms with Gasteiger partial charge in [-0.1, -0.05) is 24.3 Å². The molecule has 0 heterocycles. The molecule has 0 saturated carbocycles. The van der Waals surface area contributed by atoms with Crippen molar-refractivity contribution in [1.82, 2.24) is 5.32 Å². The number of hydrogen-bond donors (Lipinski definition) is 4. The van der Waals surface area contributed by atoms with Crippen molar-refractivity contribution in [3.05, 3.63) is 35.4 Å².